The summed E-state index contributed by atoms with van der Waals surface area (Å²) in [5, 5.41) is 3.17. The summed E-state index contributed by atoms with van der Waals surface area (Å²) >= 11 is 0. The number of hydrogen-bond acceptors (Lipinski definition) is 4. The number of piperidine rings is 2. The zero-order valence-corrected chi connectivity index (χ0v) is 19.4. The molecule has 0 spiro atoms. The molecule has 3 N–H and O–H groups in total. The Labute approximate surface area is 197 Å². The van der Waals surface area contributed by atoms with E-state index in [4.69, 9.17) is 5.73 Å². The molecular formula is C27H36N4O2. The molecule has 2 aromatic carbocycles. The molecule has 6 nitrogen and oxygen atoms in total. The highest BCUT2D eigenvalue weighted by molar-refractivity contribution is 5.79. The largest absolute Gasteiger partial charge is 0.369 e. The van der Waals surface area contributed by atoms with Gasteiger partial charge in [-0.3, -0.25) is 19.4 Å². The Balaban J connectivity index is 1.26. The van der Waals surface area contributed by atoms with Gasteiger partial charge >= 0.3 is 0 Å². The molecule has 2 atom stereocenters. The van der Waals surface area contributed by atoms with Gasteiger partial charge in [-0.15, -0.1) is 0 Å². The number of likely N-dealkylation sites (tertiary alicyclic amines) is 2. The van der Waals surface area contributed by atoms with Crippen LogP contribution >= 0.6 is 0 Å². The van der Waals surface area contributed by atoms with Crippen molar-refractivity contribution in [1.29, 1.82) is 0 Å². The maximum Gasteiger partial charge on any atom is 0.224 e. The van der Waals surface area contributed by atoms with Crippen molar-refractivity contribution in [3.8, 4) is 0 Å². The molecule has 4 rings (SSSR count). The quantitative estimate of drug-likeness (QED) is 0.651. The van der Waals surface area contributed by atoms with Gasteiger partial charge in [0, 0.05) is 32.7 Å². The molecule has 33 heavy (non-hydrogen) atoms. The van der Waals surface area contributed by atoms with Crippen molar-refractivity contribution in [2.75, 3.05) is 26.2 Å². The highest BCUT2D eigenvalue weighted by Crippen LogP contribution is 2.20. The van der Waals surface area contributed by atoms with Gasteiger partial charge in [0.15, 0.2) is 0 Å². The molecule has 2 aliphatic rings. The van der Waals surface area contributed by atoms with Crippen molar-refractivity contribution in [1.82, 2.24) is 15.1 Å². The number of carbonyl (C=O) groups is 2. The SMILES string of the molecule is NC(=O)C1CCCN(Cc2cccc(CNC(=O)C3CCCN(Cc4ccccc4)C3)c2)C1. The van der Waals surface area contributed by atoms with Gasteiger partial charge in [-0.2, -0.15) is 0 Å². The van der Waals surface area contributed by atoms with Crippen LogP contribution < -0.4 is 11.1 Å². The average molecular weight is 449 g/mol. The highest BCUT2D eigenvalue weighted by Gasteiger charge is 2.26. The van der Waals surface area contributed by atoms with Gasteiger partial charge in [-0.25, -0.2) is 0 Å². The molecule has 0 radical (unpaired) electrons. The number of rotatable bonds is 8. The molecule has 176 valence electrons. The number of benzene rings is 2. The normalized spacial score (nSPS) is 22.1. The van der Waals surface area contributed by atoms with Gasteiger partial charge in [0.05, 0.1) is 11.8 Å². The van der Waals surface area contributed by atoms with Gasteiger partial charge in [0.25, 0.3) is 0 Å². The summed E-state index contributed by atoms with van der Waals surface area (Å²) in [6.45, 7) is 5.85. The molecule has 2 unspecified atom stereocenters. The van der Waals surface area contributed by atoms with E-state index in [0.29, 0.717) is 6.54 Å². The van der Waals surface area contributed by atoms with E-state index in [9.17, 15) is 9.59 Å². The predicted molar refractivity (Wildman–Crippen MR) is 130 cm³/mol. The number of nitrogens with two attached hydrogens (primary N) is 1. The van der Waals surface area contributed by atoms with Crippen LogP contribution in [0.25, 0.3) is 0 Å². The van der Waals surface area contributed by atoms with Gasteiger partial charge < -0.3 is 11.1 Å². The van der Waals surface area contributed by atoms with Crippen LogP contribution in [0.3, 0.4) is 0 Å². The maximum atomic E-state index is 12.9. The van der Waals surface area contributed by atoms with Crippen LogP contribution in [0, 0.1) is 11.8 Å². The van der Waals surface area contributed by atoms with Crippen LogP contribution in [0.15, 0.2) is 54.6 Å². The Hall–Kier alpha value is -2.70. The second kappa shape index (κ2) is 11.4. The Morgan fingerprint density at radius 2 is 1.42 bits per heavy atom. The summed E-state index contributed by atoms with van der Waals surface area (Å²) in [5.74, 6) is -0.0393. The van der Waals surface area contributed by atoms with Crippen molar-refractivity contribution < 1.29 is 9.59 Å². The topological polar surface area (TPSA) is 78.7 Å². The lowest BCUT2D eigenvalue weighted by Crippen LogP contribution is -2.42. The van der Waals surface area contributed by atoms with Crippen molar-refractivity contribution in [2.24, 2.45) is 17.6 Å². The molecule has 6 heteroatoms. The molecule has 2 aromatic rings. The number of carbonyl (C=O) groups excluding carboxylic acids is 2. The third-order valence-electron chi connectivity index (χ3n) is 6.90. The van der Waals surface area contributed by atoms with Crippen LogP contribution in [-0.2, 0) is 29.2 Å². The maximum absolute atomic E-state index is 12.9. The Morgan fingerprint density at radius 3 is 2.15 bits per heavy atom. The van der Waals surface area contributed by atoms with Crippen LogP contribution in [0.1, 0.15) is 42.4 Å². The molecular weight excluding hydrogens is 412 g/mol. The Kier molecular flexibility index (Phi) is 8.13. The van der Waals surface area contributed by atoms with Crippen LogP contribution in [0.4, 0.5) is 0 Å². The lowest BCUT2D eigenvalue weighted by atomic mass is 9.96. The molecule has 2 heterocycles. The standard InChI is InChI=1S/C27H36N4O2/c28-26(32)24-11-5-13-31(19-24)18-23-10-4-9-22(15-23)16-29-27(33)25-12-6-14-30(20-25)17-21-7-2-1-3-8-21/h1-4,7-10,15,24-25H,5-6,11-14,16-20H2,(H2,28,32)(H,29,33). The molecule has 2 aliphatic heterocycles. The first kappa shape index (κ1) is 23.5. The van der Waals surface area contributed by atoms with Gasteiger partial charge in [-0.05, 0) is 55.5 Å². The zero-order valence-electron chi connectivity index (χ0n) is 19.4. The second-order valence-corrected chi connectivity index (χ2v) is 9.57. The number of nitrogens with zero attached hydrogens (tertiary/aromatic N) is 2. The third-order valence-corrected chi connectivity index (χ3v) is 6.90. The fourth-order valence-electron chi connectivity index (χ4n) is 5.12. The number of hydrogen-bond donors (Lipinski definition) is 2. The van der Waals surface area contributed by atoms with E-state index in [1.54, 1.807) is 0 Å². The predicted octanol–water partition coefficient (Wildman–Crippen LogP) is 2.91. The van der Waals surface area contributed by atoms with Crippen molar-refractivity contribution in [3.63, 3.8) is 0 Å². The summed E-state index contributed by atoms with van der Waals surface area (Å²) in [6, 6.07) is 18.9. The minimum atomic E-state index is -0.193. The average Bonchev–Trinajstić information content (AvgIpc) is 2.84. The van der Waals surface area contributed by atoms with Gasteiger partial charge in [-0.1, -0.05) is 54.6 Å². The number of amides is 2. The lowest BCUT2D eigenvalue weighted by molar-refractivity contribution is -0.127. The molecule has 0 bridgehead atoms. The monoisotopic (exact) mass is 448 g/mol. The minimum Gasteiger partial charge on any atom is -0.369 e. The lowest BCUT2D eigenvalue weighted by Gasteiger charge is -2.32. The van der Waals surface area contributed by atoms with E-state index in [0.717, 1.165) is 70.5 Å². The summed E-state index contributed by atoms with van der Waals surface area (Å²) in [4.78, 5) is 29.1. The van der Waals surface area contributed by atoms with Gasteiger partial charge in [0.2, 0.25) is 11.8 Å². The Bertz CT molecular complexity index is 933. The zero-order chi connectivity index (χ0) is 23.0. The summed E-state index contributed by atoms with van der Waals surface area (Å²) in [7, 11) is 0. The van der Waals surface area contributed by atoms with E-state index in [1.165, 1.54) is 11.1 Å². The minimum absolute atomic E-state index is 0.0434. The first-order chi connectivity index (χ1) is 16.1. The first-order valence-corrected chi connectivity index (χ1v) is 12.2. The molecule has 2 amide bonds. The van der Waals surface area contributed by atoms with Crippen LogP contribution in [0.5, 0.6) is 0 Å². The highest BCUT2D eigenvalue weighted by atomic mass is 16.2. The van der Waals surface area contributed by atoms with Crippen molar-refractivity contribution >= 4 is 11.8 Å². The van der Waals surface area contributed by atoms with Crippen LogP contribution in [-0.4, -0.2) is 47.8 Å². The van der Waals surface area contributed by atoms with Crippen molar-refractivity contribution in [2.45, 2.75) is 45.3 Å². The van der Waals surface area contributed by atoms with Crippen molar-refractivity contribution in [3.05, 3.63) is 71.3 Å². The van der Waals surface area contributed by atoms with E-state index < -0.39 is 0 Å². The number of nitrogens with one attached hydrogen (secondary N) is 1. The second-order valence-electron chi connectivity index (χ2n) is 9.57. The number of primary amides is 1. The van der Waals surface area contributed by atoms with Crippen LogP contribution in [0.2, 0.25) is 0 Å². The molecule has 2 saturated heterocycles. The smallest absolute Gasteiger partial charge is 0.224 e. The fraction of sp³-hybridized carbons (Fsp3) is 0.481. The molecule has 0 aliphatic carbocycles. The Morgan fingerprint density at radius 1 is 0.818 bits per heavy atom. The summed E-state index contributed by atoms with van der Waals surface area (Å²) in [6.07, 6.45) is 3.91. The first-order valence-electron chi connectivity index (χ1n) is 12.2. The van der Waals surface area contributed by atoms with E-state index in [-0.39, 0.29) is 23.7 Å². The van der Waals surface area contributed by atoms with E-state index in [2.05, 4.69) is 63.6 Å². The summed E-state index contributed by atoms with van der Waals surface area (Å²) < 4.78 is 0. The van der Waals surface area contributed by atoms with E-state index >= 15 is 0 Å². The molecule has 0 saturated carbocycles. The summed E-state index contributed by atoms with van der Waals surface area (Å²) in [5.41, 5.74) is 9.13. The van der Waals surface area contributed by atoms with Gasteiger partial charge in [0.1, 0.15) is 0 Å². The van der Waals surface area contributed by atoms with E-state index in [1.807, 2.05) is 6.07 Å². The third kappa shape index (κ3) is 6.89. The molecule has 2 fully saturated rings. The fourth-order valence-corrected chi connectivity index (χ4v) is 5.12. The molecule has 0 aromatic heterocycles.